The summed E-state index contributed by atoms with van der Waals surface area (Å²) in [5.41, 5.74) is 2.25. The predicted molar refractivity (Wildman–Crippen MR) is 134 cm³/mol. The number of nitrogens with one attached hydrogen (secondary N) is 1. The van der Waals surface area contributed by atoms with Crippen molar-refractivity contribution in [3.05, 3.63) is 95.6 Å². The van der Waals surface area contributed by atoms with Gasteiger partial charge < -0.3 is 15.0 Å². The Labute approximate surface area is 203 Å². The molecule has 6 nitrogen and oxygen atoms in total. The monoisotopic (exact) mass is 464 g/mol. The molecule has 0 aliphatic carbocycles. The summed E-state index contributed by atoms with van der Waals surface area (Å²) >= 11 is 0. The molecule has 1 fully saturated rings. The fourth-order valence-corrected chi connectivity index (χ4v) is 6.26. The predicted octanol–water partition coefficient (Wildman–Crippen LogP) is 4.26. The summed E-state index contributed by atoms with van der Waals surface area (Å²) in [4.78, 5) is 43.7. The number of methoxy groups -OCH3 is 1. The number of ether oxygens (including phenoxy) is 1. The van der Waals surface area contributed by atoms with Gasteiger partial charge in [-0.2, -0.15) is 0 Å². The Kier molecular flexibility index (Phi) is 4.68. The number of rotatable bonds is 4. The first-order chi connectivity index (χ1) is 17.0. The van der Waals surface area contributed by atoms with Gasteiger partial charge in [0, 0.05) is 16.9 Å². The zero-order valence-corrected chi connectivity index (χ0v) is 19.4. The molecule has 1 saturated heterocycles. The second-order valence-corrected chi connectivity index (χ2v) is 9.27. The molecule has 1 spiro atoms. The van der Waals surface area contributed by atoms with Crippen LogP contribution in [0.4, 0.5) is 11.4 Å². The fourth-order valence-electron chi connectivity index (χ4n) is 6.26. The normalized spacial score (nSPS) is 25.6. The first-order valence-electron chi connectivity index (χ1n) is 11.6. The van der Waals surface area contributed by atoms with Crippen molar-refractivity contribution in [2.24, 2.45) is 5.92 Å². The van der Waals surface area contributed by atoms with Crippen LogP contribution in [0.3, 0.4) is 0 Å². The molecule has 0 bridgehead atoms. The molecule has 0 unspecified atom stereocenters. The second kappa shape index (κ2) is 7.67. The minimum atomic E-state index is -1.37. The van der Waals surface area contributed by atoms with Gasteiger partial charge >= 0.3 is 0 Å². The van der Waals surface area contributed by atoms with E-state index in [0.29, 0.717) is 22.6 Å². The Hall–Kier alpha value is -4.19. The van der Waals surface area contributed by atoms with Crippen LogP contribution < -0.4 is 15.0 Å². The van der Waals surface area contributed by atoms with E-state index in [1.54, 1.807) is 31.4 Å². The number of amides is 1. The number of carbonyl (C=O) groups excluding carboxylic acids is 3. The largest absolute Gasteiger partial charge is 0.497 e. The number of hydrogen-bond acceptors (Lipinski definition) is 5. The average Bonchev–Trinajstić information content (AvgIpc) is 3.36. The summed E-state index contributed by atoms with van der Waals surface area (Å²) in [6.45, 7) is 1.51. The van der Waals surface area contributed by atoms with Crippen LogP contribution >= 0.6 is 0 Å². The van der Waals surface area contributed by atoms with Crippen LogP contribution in [0.2, 0.25) is 0 Å². The molecule has 1 amide bonds. The molecule has 3 aromatic carbocycles. The Morgan fingerprint density at radius 2 is 1.69 bits per heavy atom. The summed E-state index contributed by atoms with van der Waals surface area (Å²) in [5.74, 6) is -0.815. The van der Waals surface area contributed by atoms with Gasteiger partial charge in [0.25, 0.3) is 0 Å². The number of ketones is 2. The molecule has 0 aromatic heterocycles. The highest BCUT2D eigenvalue weighted by Gasteiger charge is 2.70. The zero-order valence-electron chi connectivity index (χ0n) is 19.4. The molecule has 174 valence electrons. The van der Waals surface area contributed by atoms with E-state index in [4.69, 9.17) is 4.74 Å². The highest BCUT2D eigenvalue weighted by atomic mass is 16.5. The number of Topliss-reactive ketones (excluding diaryl/α,β-unsaturated/α-hetero) is 2. The standard InChI is InChI=1S/C29H24N2O4/c1-17(32)27-29(21-8-4-5-9-22(21)30-28(29)34)25(26(33)19-11-14-20(35-2)15-12-19)24-16-13-18-7-3-6-10-23(18)31(24)27/h3-16,24-25,27H,1-2H3,(H,30,34)/t24-,25+,27-,29-/m0/s1. The van der Waals surface area contributed by atoms with Gasteiger partial charge in [-0.3, -0.25) is 14.4 Å². The van der Waals surface area contributed by atoms with Crippen molar-refractivity contribution in [1.82, 2.24) is 0 Å². The van der Waals surface area contributed by atoms with Crippen LogP contribution in [0.5, 0.6) is 5.75 Å². The van der Waals surface area contributed by atoms with Gasteiger partial charge in [-0.25, -0.2) is 0 Å². The minimum Gasteiger partial charge on any atom is -0.497 e. The summed E-state index contributed by atoms with van der Waals surface area (Å²) in [6, 6.07) is 20.8. The Balaban J connectivity index is 1.63. The SMILES string of the molecule is COc1ccc(C(=O)[C@H]2[C@@H]3C=Cc4ccccc4N3[C@@H](C(C)=O)[C@@]23C(=O)Nc2ccccc23)cc1. The number of para-hydroxylation sites is 2. The van der Waals surface area contributed by atoms with Crippen LogP contribution in [0.15, 0.2) is 78.9 Å². The van der Waals surface area contributed by atoms with Crippen molar-refractivity contribution in [2.75, 3.05) is 17.3 Å². The summed E-state index contributed by atoms with van der Waals surface area (Å²) < 4.78 is 5.27. The Morgan fingerprint density at radius 1 is 0.971 bits per heavy atom. The molecule has 6 rings (SSSR count). The topological polar surface area (TPSA) is 75.7 Å². The van der Waals surface area contributed by atoms with E-state index >= 15 is 0 Å². The first-order valence-corrected chi connectivity index (χ1v) is 11.6. The fraction of sp³-hybridized carbons (Fsp3) is 0.207. The lowest BCUT2D eigenvalue weighted by Crippen LogP contribution is -2.54. The number of nitrogens with zero attached hydrogens (tertiary/aromatic N) is 1. The van der Waals surface area contributed by atoms with Crippen molar-refractivity contribution in [3.63, 3.8) is 0 Å². The third-order valence-corrected chi connectivity index (χ3v) is 7.59. The van der Waals surface area contributed by atoms with Crippen molar-refractivity contribution in [2.45, 2.75) is 24.4 Å². The number of carbonyl (C=O) groups is 3. The summed E-state index contributed by atoms with van der Waals surface area (Å²) in [6.07, 6.45) is 3.95. The maximum atomic E-state index is 14.3. The molecule has 35 heavy (non-hydrogen) atoms. The van der Waals surface area contributed by atoms with Gasteiger partial charge in [0.05, 0.1) is 19.1 Å². The molecule has 0 saturated carbocycles. The smallest absolute Gasteiger partial charge is 0.238 e. The van der Waals surface area contributed by atoms with Crippen LogP contribution in [0, 0.1) is 5.92 Å². The van der Waals surface area contributed by atoms with Crippen LogP contribution in [-0.4, -0.2) is 36.7 Å². The molecule has 1 N–H and O–H groups in total. The van der Waals surface area contributed by atoms with E-state index in [1.165, 1.54) is 6.92 Å². The van der Waals surface area contributed by atoms with Gasteiger partial charge in [0.15, 0.2) is 11.6 Å². The lowest BCUT2D eigenvalue weighted by Gasteiger charge is -2.36. The third-order valence-electron chi connectivity index (χ3n) is 7.59. The van der Waals surface area contributed by atoms with Crippen LogP contribution in [0.25, 0.3) is 6.08 Å². The van der Waals surface area contributed by atoms with E-state index in [-0.39, 0.29) is 17.5 Å². The molecule has 3 aliphatic rings. The van der Waals surface area contributed by atoms with Crippen molar-refractivity contribution in [1.29, 1.82) is 0 Å². The van der Waals surface area contributed by atoms with Gasteiger partial charge in [-0.1, -0.05) is 48.6 Å². The quantitative estimate of drug-likeness (QED) is 0.584. The summed E-state index contributed by atoms with van der Waals surface area (Å²) in [5, 5.41) is 2.99. The minimum absolute atomic E-state index is 0.156. The number of benzene rings is 3. The third kappa shape index (κ3) is 2.80. The lowest BCUT2D eigenvalue weighted by molar-refractivity contribution is -0.127. The molecule has 4 atom stereocenters. The summed E-state index contributed by atoms with van der Waals surface area (Å²) in [7, 11) is 1.57. The number of fused-ring (bicyclic) bond motifs is 5. The molecule has 3 aromatic rings. The molecule has 0 radical (unpaired) electrons. The van der Waals surface area contributed by atoms with Crippen molar-refractivity contribution < 1.29 is 19.1 Å². The van der Waals surface area contributed by atoms with E-state index in [0.717, 1.165) is 11.3 Å². The number of hydrogen-bond donors (Lipinski definition) is 1. The Morgan fingerprint density at radius 3 is 2.43 bits per heavy atom. The highest BCUT2D eigenvalue weighted by molar-refractivity contribution is 6.17. The molecular weight excluding hydrogens is 440 g/mol. The van der Waals surface area contributed by atoms with Gasteiger partial charge in [0.1, 0.15) is 17.2 Å². The van der Waals surface area contributed by atoms with Crippen LogP contribution in [0.1, 0.15) is 28.4 Å². The van der Waals surface area contributed by atoms with E-state index in [2.05, 4.69) is 5.32 Å². The molecule has 3 aliphatic heterocycles. The van der Waals surface area contributed by atoms with Gasteiger partial charge in [0.2, 0.25) is 5.91 Å². The Bertz CT molecular complexity index is 1410. The van der Waals surface area contributed by atoms with E-state index in [9.17, 15) is 14.4 Å². The maximum absolute atomic E-state index is 14.3. The highest BCUT2D eigenvalue weighted by Crippen LogP contribution is 2.57. The first kappa shape index (κ1) is 21.4. The zero-order chi connectivity index (χ0) is 24.3. The molecular formula is C29H24N2O4. The molecule has 6 heteroatoms. The van der Waals surface area contributed by atoms with Gasteiger partial charge in [-0.15, -0.1) is 0 Å². The van der Waals surface area contributed by atoms with Crippen molar-refractivity contribution in [3.8, 4) is 5.75 Å². The van der Waals surface area contributed by atoms with Gasteiger partial charge in [-0.05, 0) is 54.4 Å². The lowest BCUT2D eigenvalue weighted by atomic mass is 9.64. The number of anilines is 2. The van der Waals surface area contributed by atoms with Crippen molar-refractivity contribution >= 4 is 34.9 Å². The maximum Gasteiger partial charge on any atom is 0.238 e. The molecule has 3 heterocycles. The van der Waals surface area contributed by atoms with E-state index < -0.39 is 23.4 Å². The average molecular weight is 465 g/mol. The van der Waals surface area contributed by atoms with Crippen LogP contribution in [-0.2, 0) is 15.0 Å². The van der Waals surface area contributed by atoms with E-state index in [1.807, 2.05) is 65.6 Å². The second-order valence-electron chi connectivity index (χ2n) is 9.27.